The first kappa shape index (κ1) is 9.64. The van der Waals surface area contributed by atoms with Gasteiger partial charge in [0.15, 0.2) is 11.6 Å². The molecule has 0 aliphatic rings. The number of nitrogens with zero attached hydrogens (tertiary/aromatic N) is 2. The van der Waals surface area contributed by atoms with Gasteiger partial charge in [0.1, 0.15) is 0 Å². The molecule has 5 heteroatoms. The van der Waals surface area contributed by atoms with E-state index in [9.17, 15) is 8.78 Å². The third kappa shape index (κ3) is 1.96. The highest BCUT2D eigenvalue weighted by Crippen LogP contribution is 2.25. The maximum absolute atomic E-state index is 13.1. The molecular weight excluding hydrogens is 202 g/mol. The Hall–Kier alpha value is -1.91. The van der Waals surface area contributed by atoms with Crippen molar-refractivity contribution in [3.05, 3.63) is 42.1 Å². The Morgan fingerprint density at radius 1 is 1.20 bits per heavy atom. The lowest BCUT2D eigenvalue weighted by Gasteiger charge is -2.03. The zero-order valence-electron chi connectivity index (χ0n) is 7.95. The molecule has 15 heavy (non-hydrogen) atoms. The molecule has 1 aromatic heterocycles. The van der Waals surface area contributed by atoms with Crippen LogP contribution in [0.2, 0.25) is 0 Å². The number of aromatic nitrogens is 2. The number of halogens is 2. The molecule has 0 aliphatic heterocycles. The van der Waals surface area contributed by atoms with Crippen LogP contribution in [-0.2, 0) is 7.05 Å². The van der Waals surface area contributed by atoms with Gasteiger partial charge in [-0.2, -0.15) is 0 Å². The van der Waals surface area contributed by atoms with Gasteiger partial charge in [-0.25, -0.2) is 8.78 Å². The van der Waals surface area contributed by atoms with Crippen molar-refractivity contribution in [1.29, 1.82) is 0 Å². The SMILES string of the molecule is Cn1ccc(Oc2c(F)cccc2F)n1. The van der Waals surface area contributed by atoms with E-state index in [0.29, 0.717) is 0 Å². The van der Waals surface area contributed by atoms with Crippen molar-refractivity contribution in [2.75, 3.05) is 0 Å². The van der Waals surface area contributed by atoms with Gasteiger partial charge in [-0.05, 0) is 12.1 Å². The summed E-state index contributed by atoms with van der Waals surface area (Å²) < 4.78 is 32.7. The molecule has 1 heterocycles. The molecule has 0 N–H and O–H groups in total. The number of para-hydroxylation sites is 1. The molecule has 0 amide bonds. The molecule has 0 saturated heterocycles. The lowest BCUT2D eigenvalue weighted by molar-refractivity contribution is 0.391. The fourth-order valence-electron chi connectivity index (χ4n) is 1.13. The van der Waals surface area contributed by atoms with E-state index in [2.05, 4.69) is 5.10 Å². The Balaban J connectivity index is 2.31. The summed E-state index contributed by atoms with van der Waals surface area (Å²) in [4.78, 5) is 0. The molecule has 2 aromatic rings. The molecule has 0 radical (unpaired) electrons. The van der Waals surface area contributed by atoms with Crippen LogP contribution in [0.5, 0.6) is 11.6 Å². The Bertz CT molecular complexity index is 462. The molecule has 0 unspecified atom stereocenters. The van der Waals surface area contributed by atoms with Gasteiger partial charge in [0.2, 0.25) is 11.6 Å². The highest BCUT2D eigenvalue weighted by molar-refractivity contribution is 5.29. The predicted octanol–water partition coefficient (Wildman–Crippen LogP) is 2.49. The third-order valence-corrected chi connectivity index (χ3v) is 1.81. The van der Waals surface area contributed by atoms with Crippen molar-refractivity contribution in [3.63, 3.8) is 0 Å². The van der Waals surface area contributed by atoms with Gasteiger partial charge in [0.25, 0.3) is 0 Å². The summed E-state index contributed by atoms with van der Waals surface area (Å²) in [7, 11) is 1.69. The van der Waals surface area contributed by atoms with Crippen LogP contribution in [0.3, 0.4) is 0 Å². The molecule has 0 bridgehead atoms. The van der Waals surface area contributed by atoms with E-state index in [1.807, 2.05) is 0 Å². The van der Waals surface area contributed by atoms with E-state index in [1.165, 1.54) is 16.8 Å². The van der Waals surface area contributed by atoms with E-state index >= 15 is 0 Å². The largest absolute Gasteiger partial charge is 0.431 e. The van der Waals surface area contributed by atoms with Gasteiger partial charge in [-0.15, -0.1) is 5.10 Å². The highest BCUT2D eigenvalue weighted by atomic mass is 19.1. The summed E-state index contributed by atoms with van der Waals surface area (Å²) >= 11 is 0. The van der Waals surface area contributed by atoms with E-state index in [0.717, 1.165) is 12.1 Å². The van der Waals surface area contributed by atoms with Crippen molar-refractivity contribution < 1.29 is 13.5 Å². The van der Waals surface area contributed by atoms with Crippen molar-refractivity contribution >= 4 is 0 Å². The summed E-state index contributed by atoms with van der Waals surface area (Å²) in [5.41, 5.74) is 0. The average Bonchev–Trinajstić information content (AvgIpc) is 2.58. The van der Waals surface area contributed by atoms with Crippen LogP contribution in [0.15, 0.2) is 30.5 Å². The molecule has 1 aromatic carbocycles. The summed E-state index contributed by atoms with van der Waals surface area (Å²) in [5.74, 6) is -1.78. The van der Waals surface area contributed by atoms with Crippen LogP contribution in [0.25, 0.3) is 0 Å². The normalized spacial score (nSPS) is 10.3. The molecule has 0 aliphatic carbocycles. The summed E-state index contributed by atoms with van der Waals surface area (Å²) in [6.45, 7) is 0. The second kappa shape index (κ2) is 3.68. The molecule has 0 spiro atoms. The van der Waals surface area contributed by atoms with Gasteiger partial charge in [0.05, 0.1) is 0 Å². The quantitative estimate of drug-likeness (QED) is 0.761. The second-order valence-corrected chi connectivity index (χ2v) is 2.98. The zero-order chi connectivity index (χ0) is 10.8. The van der Waals surface area contributed by atoms with Gasteiger partial charge >= 0.3 is 0 Å². The van der Waals surface area contributed by atoms with E-state index in [1.54, 1.807) is 13.2 Å². The second-order valence-electron chi connectivity index (χ2n) is 2.98. The molecule has 78 valence electrons. The number of hydrogen-bond donors (Lipinski definition) is 0. The first-order valence-corrected chi connectivity index (χ1v) is 4.28. The number of rotatable bonds is 2. The minimum absolute atomic E-state index is 0.154. The maximum atomic E-state index is 13.1. The van der Waals surface area contributed by atoms with Gasteiger partial charge in [-0.3, -0.25) is 4.68 Å². The van der Waals surface area contributed by atoms with Crippen LogP contribution >= 0.6 is 0 Å². The van der Waals surface area contributed by atoms with Crippen LogP contribution < -0.4 is 4.74 Å². The highest BCUT2D eigenvalue weighted by Gasteiger charge is 2.11. The predicted molar refractivity (Wildman–Crippen MR) is 49.6 cm³/mol. The fourth-order valence-corrected chi connectivity index (χ4v) is 1.13. The van der Waals surface area contributed by atoms with E-state index < -0.39 is 17.4 Å². The Labute approximate surface area is 84.9 Å². The summed E-state index contributed by atoms with van der Waals surface area (Å²) in [5, 5.41) is 3.85. The zero-order valence-corrected chi connectivity index (χ0v) is 7.95. The smallest absolute Gasteiger partial charge is 0.238 e. The van der Waals surface area contributed by atoms with Crippen molar-refractivity contribution in [2.24, 2.45) is 7.05 Å². The van der Waals surface area contributed by atoms with Crippen LogP contribution in [0, 0.1) is 11.6 Å². The molecule has 0 fully saturated rings. The number of benzene rings is 1. The first-order valence-electron chi connectivity index (χ1n) is 4.28. The average molecular weight is 210 g/mol. The van der Waals surface area contributed by atoms with Crippen molar-refractivity contribution in [2.45, 2.75) is 0 Å². The summed E-state index contributed by atoms with van der Waals surface area (Å²) in [6, 6.07) is 5.05. The minimum atomic E-state index is -0.749. The first-order chi connectivity index (χ1) is 7.16. The molecule has 2 rings (SSSR count). The fraction of sp³-hybridized carbons (Fsp3) is 0.100. The lowest BCUT2D eigenvalue weighted by atomic mass is 10.3. The molecule has 0 saturated carbocycles. The summed E-state index contributed by atoms with van der Waals surface area (Å²) in [6.07, 6.45) is 1.62. The van der Waals surface area contributed by atoms with Crippen LogP contribution in [0.1, 0.15) is 0 Å². The maximum Gasteiger partial charge on any atom is 0.238 e. The topological polar surface area (TPSA) is 27.1 Å². The molecule has 0 atom stereocenters. The van der Waals surface area contributed by atoms with Gasteiger partial charge < -0.3 is 4.74 Å². The minimum Gasteiger partial charge on any atom is -0.431 e. The van der Waals surface area contributed by atoms with Crippen LogP contribution in [-0.4, -0.2) is 9.78 Å². The standard InChI is InChI=1S/C10H8F2N2O/c1-14-6-5-9(13-14)15-10-7(11)3-2-4-8(10)12/h2-6H,1H3. The molecular formula is C10H8F2N2O. The number of aryl methyl sites for hydroxylation is 1. The Kier molecular flexibility index (Phi) is 2.37. The third-order valence-electron chi connectivity index (χ3n) is 1.81. The lowest BCUT2D eigenvalue weighted by Crippen LogP contribution is -1.94. The molecule has 3 nitrogen and oxygen atoms in total. The van der Waals surface area contributed by atoms with Crippen molar-refractivity contribution in [1.82, 2.24) is 9.78 Å². The van der Waals surface area contributed by atoms with Crippen molar-refractivity contribution in [3.8, 4) is 11.6 Å². The Morgan fingerprint density at radius 2 is 1.87 bits per heavy atom. The van der Waals surface area contributed by atoms with E-state index in [-0.39, 0.29) is 5.88 Å². The Morgan fingerprint density at radius 3 is 2.40 bits per heavy atom. The number of hydrogen-bond acceptors (Lipinski definition) is 2. The number of ether oxygens (including phenoxy) is 1. The van der Waals surface area contributed by atoms with Gasteiger partial charge in [-0.1, -0.05) is 6.07 Å². The van der Waals surface area contributed by atoms with Gasteiger partial charge in [0, 0.05) is 19.3 Å². The van der Waals surface area contributed by atoms with Crippen LogP contribution in [0.4, 0.5) is 8.78 Å². The monoisotopic (exact) mass is 210 g/mol. The van der Waals surface area contributed by atoms with E-state index in [4.69, 9.17) is 4.74 Å².